The van der Waals surface area contributed by atoms with Gasteiger partial charge in [-0.25, -0.2) is 0 Å². The largest absolute Gasteiger partial charge is 0.380 e. The summed E-state index contributed by atoms with van der Waals surface area (Å²) in [5, 5.41) is 3.48. The van der Waals surface area contributed by atoms with Gasteiger partial charge in [0.15, 0.2) is 5.84 Å². The van der Waals surface area contributed by atoms with Gasteiger partial charge in [-0.05, 0) is 23.7 Å². The van der Waals surface area contributed by atoms with Crippen LogP contribution in [0.4, 0.5) is 0 Å². The molecule has 0 saturated heterocycles. The number of aromatic nitrogens is 1. The Morgan fingerprint density at radius 2 is 1.83 bits per heavy atom. The zero-order valence-electron chi connectivity index (χ0n) is 13.8. The molecule has 1 heterocycles. The van der Waals surface area contributed by atoms with Crippen molar-refractivity contribution in [2.75, 3.05) is 5.75 Å². The van der Waals surface area contributed by atoms with Crippen molar-refractivity contribution in [3.05, 3.63) is 30.1 Å². The summed E-state index contributed by atoms with van der Waals surface area (Å²) >= 11 is 0. The molecule has 0 atom stereocenters. The molecule has 130 valence electrons. The monoisotopic (exact) mass is 341 g/mol. The molecule has 0 fully saturated rings. The fourth-order valence-electron chi connectivity index (χ4n) is 2.11. The summed E-state index contributed by atoms with van der Waals surface area (Å²) in [6.07, 6.45) is 11.8. The van der Waals surface area contributed by atoms with Gasteiger partial charge in [-0.15, -0.1) is 0 Å². The number of unbranched alkanes of at least 4 members (excludes halogenated alkanes) is 7. The first-order valence-corrected chi connectivity index (χ1v) is 9.78. The molecular formula is C16H27N3O3S. The van der Waals surface area contributed by atoms with Crippen LogP contribution in [0.1, 0.15) is 63.9 Å². The highest BCUT2D eigenvalue weighted by molar-refractivity contribution is 7.86. The molecule has 6 nitrogen and oxygen atoms in total. The molecule has 0 amide bonds. The molecule has 0 bridgehead atoms. The lowest BCUT2D eigenvalue weighted by Crippen LogP contribution is -2.16. The number of nitrogens with zero attached hydrogens (tertiary/aromatic N) is 2. The summed E-state index contributed by atoms with van der Waals surface area (Å²) in [5.41, 5.74) is 6.18. The summed E-state index contributed by atoms with van der Waals surface area (Å²) in [4.78, 5) is 3.88. The topological polar surface area (TPSA) is 94.6 Å². The fraction of sp³-hybridized carbons (Fsp3) is 0.625. The molecule has 0 saturated carbocycles. The summed E-state index contributed by atoms with van der Waals surface area (Å²) in [5.74, 6) is -0.0382. The van der Waals surface area contributed by atoms with Crippen molar-refractivity contribution in [1.82, 2.24) is 4.98 Å². The van der Waals surface area contributed by atoms with E-state index in [4.69, 9.17) is 5.73 Å². The minimum atomic E-state index is -3.67. The zero-order chi connectivity index (χ0) is 17.0. The van der Waals surface area contributed by atoms with Crippen molar-refractivity contribution >= 4 is 16.0 Å². The average Bonchev–Trinajstić information content (AvgIpc) is 2.56. The van der Waals surface area contributed by atoms with Gasteiger partial charge < -0.3 is 5.73 Å². The Labute approximate surface area is 139 Å². The van der Waals surface area contributed by atoms with Crippen LogP contribution in [0.5, 0.6) is 0 Å². The molecule has 0 spiro atoms. The van der Waals surface area contributed by atoms with E-state index < -0.39 is 10.1 Å². The van der Waals surface area contributed by atoms with Crippen molar-refractivity contribution in [3.63, 3.8) is 0 Å². The molecule has 0 radical (unpaired) electrons. The first-order chi connectivity index (χ1) is 11.0. The molecule has 0 aliphatic rings. The number of amidine groups is 1. The van der Waals surface area contributed by atoms with E-state index in [0.29, 0.717) is 12.0 Å². The Kier molecular flexibility index (Phi) is 9.28. The lowest BCUT2D eigenvalue weighted by Gasteiger charge is -2.04. The Hall–Kier alpha value is -1.63. The standard InChI is InChI=1S/C16H27N3O3S/c1-2-3-4-5-6-7-8-9-13-23(20,21)22-19-16(17)15-11-10-12-18-14-15/h10-12,14H,2-9,13H2,1H3,(H2,17,19). The molecule has 1 aromatic heterocycles. The molecule has 0 aromatic carbocycles. The third kappa shape index (κ3) is 9.18. The van der Waals surface area contributed by atoms with E-state index in [9.17, 15) is 8.42 Å². The lowest BCUT2D eigenvalue weighted by molar-refractivity contribution is 0.337. The molecule has 0 aliphatic heterocycles. The molecule has 0 unspecified atom stereocenters. The third-order valence-corrected chi connectivity index (χ3v) is 4.54. The van der Waals surface area contributed by atoms with Gasteiger partial charge in [-0.2, -0.15) is 8.42 Å². The lowest BCUT2D eigenvalue weighted by atomic mass is 10.1. The van der Waals surface area contributed by atoms with Crippen LogP contribution in [-0.4, -0.2) is 25.0 Å². The predicted molar refractivity (Wildman–Crippen MR) is 92.4 cm³/mol. The quantitative estimate of drug-likeness (QED) is 0.273. The second-order valence-electron chi connectivity index (χ2n) is 5.53. The van der Waals surface area contributed by atoms with E-state index in [-0.39, 0.29) is 11.6 Å². The molecule has 1 aromatic rings. The van der Waals surface area contributed by atoms with Crippen molar-refractivity contribution in [1.29, 1.82) is 0 Å². The van der Waals surface area contributed by atoms with Crippen LogP contribution in [0.2, 0.25) is 0 Å². The Bertz CT molecular complexity index is 559. The van der Waals surface area contributed by atoms with Gasteiger partial charge in [0.25, 0.3) is 0 Å². The van der Waals surface area contributed by atoms with Crippen molar-refractivity contribution in [3.8, 4) is 0 Å². The van der Waals surface area contributed by atoms with E-state index in [1.165, 1.54) is 31.9 Å². The van der Waals surface area contributed by atoms with E-state index in [2.05, 4.69) is 21.3 Å². The van der Waals surface area contributed by atoms with Crippen LogP contribution in [0.15, 0.2) is 29.7 Å². The van der Waals surface area contributed by atoms with Crippen molar-refractivity contribution in [2.24, 2.45) is 10.9 Å². The smallest absolute Gasteiger partial charge is 0.328 e. The first kappa shape index (κ1) is 19.4. The van der Waals surface area contributed by atoms with Crippen LogP contribution < -0.4 is 5.73 Å². The molecule has 2 N–H and O–H groups in total. The van der Waals surface area contributed by atoms with Crippen LogP contribution in [0.25, 0.3) is 0 Å². The summed E-state index contributed by atoms with van der Waals surface area (Å²) in [7, 11) is -3.67. The normalized spacial score (nSPS) is 12.3. The minimum absolute atomic E-state index is 0.00222. The van der Waals surface area contributed by atoms with E-state index in [0.717, 1.165) is 19.3 Å². The van der Waals surface area contributed by atoms with Gasteiger partial charge in [0.2, 0.25) is 0 Å². The maximum atomic E-state index is 11.7. The number of hydrogen-bond acceptors (Lipinski definition) is 5. The van der Waals surface area contributed by atoms with Crippen molar-refractivity contribution < 1.29 is 12.7 Å². The average molecular weight is 341 g/mol. The van der Waals surface area contributed by atoms with Crippen molar-refractivity contribution in [2.45, 2.75) is 58.3 Å². The van der Waals surface area contributed by atoms with E-state index in [1.807, 2.05) is 0 Å². The predicted octanol–water partition coefficient (Wildman–Crippen LogP) is 3.19. The highest BCUT2D eigenvalue weighted by Gasteiger charge is 2.11. The van der Waals surface area contributed by atoms with E-state index in [1.54, 1.807) is 18.3 Å². The fourth-order valence-corrected chi connectivity index (χ4v) is 2.94. The summed E-state index contributed by atoms with van der Waals surface area (Å²) < 4.78 is 28.1. The summed E-state index contributed by atoms with van der Waals surface area (Å²) in [6.45, 7) is 2.19. The van der Waals surface area contributed by atoms with Gasteiger partial charge >= 0.3 is 10.1 Å². The summed E-state index contributed by atoms with van der Waals surface area (Å²) in [6, 6.07) is 3.37. The molecule has 7 heteroatoms. The van der Waals surface area contributed by atoms with Crippen LogP contribution >= 0.6 is 0 Å². The second-order valence-corrected chi connectivity index (χ2v) is 7.20. The van der Waals surface area contributed by atoms with Gasteiger partial charge in [0.1, 0.15) is 0 Å². The highest BCUT2D eigenvalue weighted by atomic mass is 32.2. The molecule has 1 rings (SSSR count). The molecule has 0 aliphatic carbocycles. The third-order valence-electron chi connectivity index (χ3n) is 3.45. The van der Waals surface area contributed by atoms with Gasteiger partial charge in [-0.3, -0.25) is 9.27 Å². The van der Waals surface area contributed by atoms with Crippen LogP contribution in [0.3, 0.4) is 0 Å². The highest BCUT2D eigenvalue weighted by Crippen LogP contribution is 2.10. The maximum Gasteiger partial charge on any atom is 0.328 e. The van der Waals surface area contributed by atoms with Crippen LogP contribution in [-0.2, 0) is 14.4 Å². The number of rotatable bonds is 12. The number of nitrogens with two attached hydrogens (primary N) is 1. The Morgan fingerprint density at radius 3 is 2.43 bits per heavy atom. The SMILES string of the molecule is CCCCCCCCCCS(=O)(=O)ON=C(N)c1cccnc1. The van der Waals surface area contributed by atoms with E-state index >= 15 is 0 Å². The first-order valence-electron chi connectivity index (χ1n) is 8.20. The molecule has 23 heavy (non-hydrogen) atoms. The van der Waals surface area contributed by atoms with Gasteiger partial charge in [-0.1, -0.05) is 51.9 Å². The Morgan fingerprint density at radius 1 is 1.17 bits per heavy atom. The Balaban J connectivity index is 2.23. The second kappa shape index (κ2) is 11.0. The van der Waals surface area contributed by atoms with Gasteiger partial charge in [0.05, 0.1) is 5.75 Å². The number of pyridine rings is 1. The molecular weight excluding hydrogens is 314 g/mol. The minimum Gasteiger partial charge on any atom is -0.380 e. The zero-order valence-corrected chi connectivity index (χ0v) is 14.6. The number of oxime groups is 1. The maximum absolute atomic E-state index is 11.7. The van der Waals surface area contributed by atoms with Gasteiger partial charge in [0, 0.05) is 18.0 Å². The van der Waals surface area contributed by atoms with Crippen LogP contribution in [0, 0.1) is 0 Å². The number of hydrogen-bond donors (Lipinski definition) is 1.